The zero-order chi connectivity index (χ0) is 16.9. The third-order valence-corrected chi connectivity index (χ3v) is 4.66. The number of hydrogen-bond acceptors (Lipinski definition) is 5. The molecule has 1 aliphatic rings. The summed E-state index contributed by atoms with van der Waals surface area (Å²) in [5, 5.41) is 11.5. The molecule has 8 heteroatoms. The van der Waals surface area contributed by atoms with E-state index >= 15 is 0 Å². The topological polar surface area (TPSA) is 103 Å². The summed E-state index contributed by atoms with van der Waals surface area (Å²) in [6.07, 6.45) is 2.50. The molecule has 1 aromatic carbocycles. The highest BCUT2D eigenvalue weighted by Crippen LogP contribution is 2.40. The van der Waals surface area contributed by atoms with Gasteiger partial charge >= 0.3 is 6.03 Å². The van der Waals surface area contributed by atoms with Crippen molar-refractivity contribution in [3.8, 4) is 0 Å². The summed E-state index contributed by atoms with van der Waals surface area (Å²) in [6, 6.07) is 9.34. The Morgan fingerprint density at radius 2 is 2.00 bits per heavy atom. The first-order valence-electron chi connectivity index (χ1n) is 7.82. The van der Waals surface area contributed by atoms with Crippen molar-refractivity contribution in [3.63, 3.8) is 0 Å². The molecule has 1 saturated carbocycles. The summed E-state index contributed by atoms with van der Waals surface area (Å²) in [4.78, 5) is 22.1. The lowest BCUT2D eigenvalue weighted by Gasteiger charge is -2.10. The molecule has 3 N–H and O–H groups in total. The van der Waals surface area contributed by atoms with Crippen LogP contribution in [0.3, 0.4) is 0 Å². The number of nitrogens with zero attached hydrogens (tertiary/aromatic N) is 3. The van der Waals surface area contributed by atoms with E-state index in [9.17, 15) is 9.59 Å². The predicted molar refractivity (Wildman–Crippen MR) is 90.6 cm³/mol. The van der Waals surface area contributed by atoms with E-state index < -0.39 is 6.03 Å². The number of thioether (sulfide) groups is 1. The highest BCUT2D eigenvalue weighted by atomic mass is 32.2. The van der Waals surface area contributed by atoms with Crippen LogP contribution in [0, 0.1) is 0 Å². The summed E-state index contributed by atoms with van der Waals surface area (Å²) in [5.41, 5.74) is 6.11. The lowest BCUT2D eigenvalue weighted by Crippen LogP contribution is -2.35. The van der Waals surface area contributed by atoms with Gasteiger partial charge in [0.1, 0.15) is 5.82 Å². The lowest BCUT2D eigenvalue weighted by atomic mass is 10.2. The largest absolute Gasteiger partial charge is 0.351 e. The number of nitrogens with two attached hydrogens (primary N) is 1. The van der Waals surface area contributed by atoms with Crippen LogP contribution in [0.25, 0.3) is 0 Å². The molecule has 1 aromatic heterocycles. The molecule has 3 rings (SSSR count). The fourth-order valence-electron chi connectivity index (χ4n) is 2.40. The van der Waals surface area contributed by atoms with E-state index in [1.54, 1.807) is 0 Å². The van der Waals surface area contributed by atoms with Crippen LogP contribution in [0.4, 0.5) is 4.79 Å². The highest BCUT2D eigenvalue weighted by molar-refractivity contribution is 7.99. The summed E-state index contributed by atoms with van der Waals surface area (Å²) < 4.78 is 2.13. The van der Waals surface area contributed by atoms with Crippen molar-refractivity contribution in [2.24, 2.45) is 5.73 Å². The van der Waals surface area contributed by atoms with Gasteiger partial charge in [0.25, 0.3) is 0 Å². The molecule has 0 atom stereocenters. The average molecular weight is 345 g/mol. The third-order valence-electron chi connectivity index (χ3n) is 3.69. The first-order valence-corrected chi connectivity index (χ1v) is 8.81. The monoisotopic (exact) mass is 345 g/mol. The van der Waals surface area contributed by atoms with Crippen molar-refractivity contribution in [2.75, 3.05) is 5.75 Å². The van der Waals surface area contributed by atoms with Gasteiger partial charge in [-0.15, -0.1) is 10.2 Å². The zero-order valence-corrected chi connectivity index (χ0v) is 14.0. The van der Waals surface area contributed by atoms with Crippen LogP contribution in [0.2, 0.25) is 0 Å². The molecule has 0 radical (unpaired) electrons. The van der Waals surface area contributed by atoms with Crippen molar-refractivity contribution in [3.05, 3.63) is 41.7 Å². The van der Waals surface area contributed by atoms with Crippen molar-refractivity contribution in [1.29, 1.82) is 0 Å². The number of hydrogen-bond donors (Lipinski definition) is 2. The molecule has 0 spiro atoms. The van der Waals surface area contributed by atoms with Gasteiger partial charge in [-0.25, -0.2) is 4.79 Å². The molecule has 7 nitrogen and oxygen atoms in total. The number of nitrogens with one attached hydrogen (secondary N) is 1. The number of imide groups is 1. The molecule has 0 aliphatic heterocycles. The second kappa shape index (κ2) is 7.48. The van der Waals surface area contributed by atoms with Gasteiger partial charge in [0.2, 0.25) is 5.91 Å². The molecule has 0 saturated heterocycles. The Morgan fingerprint density at radius 1 is 1.25 bits per heavy atom. The number of aromatic nitrogens is 3. The number of amides is 3. The molecule has 126 valence electrons. The minimum Gasteiger partial charge on any atom is -0.351 e. The van der Waals surface area contributed by atoms with Gasteiger partial charge in [0.15, 0.2) is 5.16 Å². The van der Waals surface area contributed by atoms with E-state index in [4.69, 9.17) is 5.73 Å². The number of urea groups is 1. The first kappa shape index (κ1) is 16.5. The molecule has 3 amide bonds. The van der Waals surface area contributed by atoms with Crippen LogP contribution >= 0.6 is 11.8 Å². The summed E-state index contributed by atoms with van der Waals surface area (Å²) in [5.74, 6) is 1.64. The fraction of sp³-hybridized carbons (Fsp3) is 0.375. The van der Waals surface area contributed by atoms with Crippen LogP contribution in [0.5, 0.6) is 0 Å². The number of benzene rings is 1. The highest BCUT2D eigenvalue weighted by Gasteiger charge is 2.30. The molecule has 1 fully saturated rings. The molecule has 0 bridgehead atoms. The van der Waals surface area contributed by atoms with Crippen molar-refractivity contribution in [2.45, 2.75) is 36.9 Å². The summed E-state index contributed by atoms with van der Waals surface area (Å²) in [6.45, 7) is 0.718. The maximum Gasteiger partial charge on any atom is 0.318 e. The lowest BCUT2D eigenvalue weighted by molar-refractivity contribution is -0.119. The fourth-order valence-corrected chi connectivity index (χ4v) is 3.28. The second-order valence-electron chi connectivity index (χ2n) is 5.70. The van der Waals surface area contributed by atoms with Crippen LogP contribution in [-0.2, 0) is 11.3 Å². The molecule has 1 aliphatic carbocycles. The van der Waals surface area contributed by atoms with Crippen molar-refractivity contribution < 1.29 is 9.59 Å². The number of rotatable bonds is 7. The first-order chi connectivity index (χ1) is 11.6. The normalized spacial score (nSPS) is 13.7. The predicted octanol–water partition coefficient (Wildman–Crippen LogP) is 1.88. The molecule has 0 unspecified atom stereocenters. The second-order valence-corrected chi connectivity index (χ2v) is 6.76. The maximum atomic E-state index is 11.5. The van der Waals surface area contributed by atoms with Gasteiger partial charge < -0.3 is 10.3 Å². The quantitative estimate of drug-likeness (QED) is 0.746. The Morgan fingerprint density at radius 3 is 2.67 bits per heavy atom. The van der Waals surface area contributed by atoms with Crippen LogP contribution < -0.4 is 11.1 Å². The van der Waals surface area contributed by atoms with Gasteiger partial charge in [0.05, 0.1) is 6.54 Å². The smallest absolute Gasteiger partial charge is 0.318 e. The summed E-state index contributed by atoms with van der Waals surface area (Å²) in [7, 11) is 0. The van der Waals surface area contributed by atoms with Gasteiger partial charge in [-0.1, -0.05) is 42.1 Å². The van der Waals surface area contributed by atoms with Gasteiger partial charge in [-0.05, 0) is 18.4 Å². The Labute approximate surface area is 144 Å². The standard InChI is InChI=1S/C16H19N5O2S/c17-15(23)18-13(22)8-9-24-16-20-19-14(12-6-7-12)21(16)10-11-4-2-1-3-5-11/h1-5,12H,6-10H2,(H3,17,18,22,23). The van der Waals surface area contributed by atoms with E-state index in [2.05, 4.69) is 32.2 Å². The van der Waals surface area contributed by atoms with E-state index in [0.29, 0.717) is 11.7 Å². The van der Waals surface area contributed by atoms with Crippen LogP contribution in [-0.4, -0.2) is 32.5 Å². The Bertz CT molecular complexity index is 727. The van der Waals surface area contributed by atoms with Crippen LogP contribution in [0.1, 0.15) is 36.6 Å². The SMILES string of the molecule is NC(=O)NC(=O)CCSc1nnc(C2CC2)n1Cc1ccccc1. The average Bonchev–Trinajstić information content (AvgIpc) is 3.31. The zero-order valence-electron chi connectivity index (χ0n) is 13.1. The molecule has 24 heavy (non-hydrogen) atoms. The molecular weight excluding hydrogens is 326 g/mol. The Kier molecular flexibility index (Phi) is 5.14. The van der Waals surface area contributed by atoms with Crippen LogP contribution in [0.15, 0.2) is 35.5 Å². The number of primary amides is 1. The van der Waals surface area contributed by atoms with E-state index in [1.807, 2.05) is 18.2 Å². The number of carbonyl (C=O) groups is 2. The molecule has 1 heterocycles. The molecule has 2 aromatic rings. The minimum absolute atomic E-state index is 0.199. The Balaban J connectivity index is 1.66. The summed E-state index contributed by atoms with van der Waals surface area (Å²) >= 11 is 1.46. The van der Waals surface area contributed by atoms with E-state index in [1.165, 1.54) is 17.3 Å². The number of carbonyl (C=O) groups excluding carboxylic acids is 2. The van der Waals surface area contributed by atoms with Gasteiger partial charge in [-0.3, -0.25) is 10.1 Å². The van der Waals surface area contributed by atoms with Gasteiger partial charge in [-0.2, -0.15) is 0 Å². The molecular formula is C16H19N5O2S. The maximum absolute atomic E-state index is 11.5. The van der Waals surface area contributed by atoms with Gasteiger partial charge in [0, 0.05) is 18.1 Å². The minimum atomic E-state index is -0.826. The van der Waals surface area contributed by atoms with E-state index in [0.717, 1.165) is 30.4 Å². The third kappa shape index (κ3) is 4.35. The van der Waals surface area contributed by atoms with E-state index in [-0.39, 0.29) is 12.3 Å². The van der Waals surface area contributed by atoms with Crippen molar-refractivity contribution >= 4 is 23.7 Å². The Hall–Kier alpha value is -2.35. The van der Waals surface area contributed by atoms with Crippen molar-refractivity contribution in [1.82, 2.24) is 20.1 Å².